The standard InChI is InChI=1S/C49H44O14/c1-4-44(50)58-30-8-6-28-56-38-17-10-34(11-18-38)46(52)60-40-19-12-35(13-20-40)47(53)61-41-21-14-36(15-22-41)48(54)63-43-27-16-37(32-33(43)3)49(55)62-42-25-23-39(24-26-42)57-29-7-9-31-59-45(51)5-2/h4-5,10-27,32H,1-2,6-9,28-31H2,3H3. The molecule has 0 spiro atoms. The van der Waals surface area contributed by atoms with E-state index in [9.17, 15) is 28.8 Å². The van der Waals surface area contributed by atoms with Gasteiger partial charge in [-0.15, -0.1) is 0 Å². The second kappa shape index (κ2) is 23.7. The number of hydrogen-bond acceptors (Lipinski definition) is 14. The Morgan fingerprint density at radius 3 is 1.13 bits per heavy atom. The molecule has 0 atom stereocenters. The lowest BCUT2D eigenvalue weighted by Crippen LogP contribution is -2.12. The van der Waals surface area contributed by atoms with Crippen LogP contribution in [0.3, 0.4) is 0 Å². The average Bonchev–Trinajstić information content (AvgIpc) is 3.30. The van der Waals surface area contributed by atoms with Gasteiger partial charge < -0.3 is 37.9 Å². The molecule has 0 fully saturated rings. The summed E-state index contributed by atoms with van der Waals surface area (Å²) in [6.45, 7) is 9.76. The molecule has 0 saturated carbocycles. The maximum absolute atomic E-state index is 13.0. The molecular formula is C49H44O14. The summed E-state index contributed by atoms with van der Waals surface area (Å²) in [6, 6.07) is 29.1. The highest BCUT2D eigenvalue weighted by Crippen LogP contribution is 2.25. The molecule has 0 amide bonds. The molecule has 63 heavy (non-hydrogen) atoms. The minimum absolute atomic E-state index is 0.176. The minimum atomic E-state index is -0.675. The molecule has 0 aliphatic heterocycles. The van der Waals surface area contributed by atoms with E-state index in [0.717, 1.165) is 12.2 Å². The van der Waals surface area contributed by atoms with Crippen molar-refractivity contribution in [3.05, 3.63) is 168 Å². The number of hydrogen-bond donors (Lipinski definition) is 0. The summed E-state index contributed by atoms with van der Waals surface area (Å²) in [5.41, 5.74) is 1.44. The van der Waals surface area contributed by atoms with Gasteiger partial charge in [-0.3, -0.25) is 0 Å². The molecule has 14 nitrogen and oxygen atoms in total. The number of benzene rings is 5. The van der Waals surface area contributed by atoms with Crippen LogP contribution in [-0.4, -0.2) is 62.2 Å². The molecule has 0 radical (unpaired) electrons. The van der Waals surface area contributed by atoms with Crippen molar-refractivity contribution in [1.29, 1.82) is 0 Å². The van der Waals surface area contributed by atoms with Crippen LogP contribution in [0.2, 0.25) is 0 Å². The molecular weight excluding hydrogens is 813 g/mol. The maximum Gasteiger partial charge on any atom is 0.343 e. The lowest BCUT2D eigenvalue weighted by Gasteiger charge is -2.11. The van der Waals surface area contributed by atoms with Crippen LogP contribution in [0.5, 0.6) is 34.5 Å². The molecule has 0 aromatic heterocycles. The van der Waals surface area contributed by atoms with Gasteiger partial charge in [-0.25, -0.2) is 28.8 Å². The fraction of sp³-hybridized carbons (Fsp3) is 0.184. The van der Waals surface area contributed by atoms with E-state index >= 15 is 0 Å². The molecule has 14 heteroatoms. The van der Waals surface area contributed by atoms with Crippen LogP contribution < -0.4 is 28.4 Å². The number of esters is 6. The van der Waals surface area contributed by atoms with Crippen molar-refractivity contribution in [2.45, 2.75) is 32.6 Å². The summed E-state index contributed by atoms with van der Waals surface area (Å²) in [5, 5.41) is 0. The quantitative estimate of drug-likeness (QED) is 0.0280. The summed E-state index contributed by atoms with van der Waals surface area (Å²) in [5.74, 6) is -1.40. The number of rotatable bonds is 22. The van der Waals surface area contributed by atoms with Crippen LogP contribution in [-0.2, 0) is 19.1 Å². The largest absolute Gasteiger partial charge is 0.494 e. The van der Waals surface area contributed by atoms with Crippen LogP contribution in [0, 0.1) is 6.92 Å². The highest BCUT2D eigenvalue weighted by molar-refractivity contribution is 5.94. The first-order valence-corrected chi connectivity index (χ1v) is 19.7. The molecule has 0 unspecified atom stereocenters. The van der Waals surface area contributed by atoms with Crippen molar-refractivity contribution in [2.24, 2.45) is 0 Å². The van der Waals surface area contributed by atoms with E-state index in [0.29, 0.717) is 67.3 Å². The lowest BCUT2D eigenvalue weighted by molar-refractivity contribution is -0.138. The summed E-state index contributed by atoms with van der Waals surface area (Å²) in [4.78, 5) is 73.4. The summed E-state index contributed by atoms with van der Waals surface area (Å²) >= 11 is 0. The Labute approximate surface area is 363 Å². The number of aryl methyl sites for hydroxylation is 1. The third-order valence-corrected chi connectivity index (χ3v) is 8.78. The SMILES string of the molecule is C=CC(=O)OCCCCOc1ccc(OC(=O)c2ccc(OC(=O)c3ccc(OC(=O)c4ccc(OC(=O)c5ccc(OCCCCOC(=O)C=C)cc5)cc4)cc3)c(C)c2)cc1. The Morgan fingerprint density at radius 1 is 0.413 bits per heavy atom. The van der Waals surface area contributed by atoms with E-state index in [-0.39, 0.29) is 47.2 Å². The lowest BCUT2D eigenvalue weighted by atomic mass is 10.1. The monoisotopic (exact) mass is 856 g/mol. The van der Waals surface area contributed by atoms with Gasteiger partial charge >= 0.3 is 35.8 Å². The van der Waals surface area contributed by atoms with E-state index < -0.39 is 35.8 Å². The van der Waals surface area contributed by atoms with Crippen molar-refractivity contribution in [3.8, 4) is 34.5 Å². The number of carbonyl (C=O) groups is 6. The molecule has 0 bridgehead atoms. The van der Waals surface area contributed by atoms with Gasteiger partial charge in [-0.1, -0.05) is 13.2 Å². The zero-order valence-electron chi connectivity index (χ0n) is 34.4. The van der Waals surface area contributed by atoms with Crippen LogP contribution >= 0.6 is 0 Å². The fourth-order valence-electron chi connectivity index (χ4n) is 5.41. The van der Waals surface area contributed by atoms with Crippen molar-refractivity contribution in [1.82, 2.24) is 0 Å². The highest BCUT2D eigenvalue weighted by atomic mass is 16.6. The molecule has 0 saturated heterocycles. The van der Waals surface area contributed by atoms with Crippen LogP contribution in [0.15, 0.2) is 141 Å². The minimum Gasteiger partial charge on any atom is -0.494 e. The number of ether oxygens (including phenoxy) is 8. The molecule has 5 aromatic rings. The zero-order valence-corrected chi connectivity index (χ0v) is 34.4. The van der Waals surface area contributed by atoms with E-state index in [4.69, 9.17) is 37.9 Å². The van der Waals surface area contributed by atoms with E-state index in [1.165, 1.54) is 60.7 Å². The Morgan fingerprint density at radius 2 is 0.730 bits per heavy atom. The van der Waals surface area contributed by atoms with Crippen LogP contribution in [0.25, 0.3) is 0 Å². The van der Waals surface area contributed by atoms with Crippen molar-refractivity contribution in [2.75, 3.05) is 26.4 Å². The zero-order chi connectivity index (χ0) is 45.0. The van der Waals surface area contributed by atoms with Crippen LogP contribution in [0.4, 0.5) is 0 Å². The molecule has 5 rings (SSSR count). The Hall–Kier alpha value is -8.00. The van der Waals surface area contributed by atoms with Gasteiger partial charge in [0, 0.05) is 12.2 Å². The second-order valence-electron chi connectivity index (χ2n) is 13.4. The molecule has 5 aromatic carbocycles. The van der Waals surface area contributed by atoms with Gasteiger partial charge in [0.05, 0.1) is 48.7 Å². The first-order chi connectivity index (χ1) is 30.5. The summed E-state index contributed by atoms with van der Waals surface area (Å²) < 4.78 is 43.1. The fourth-order valence-corrected chi connectivity index (χ4v) is 5.41. The maximum atomic E-state index is 13.0. The summed E-state index contributed by atoms with van der Waals surface area (Å²) in [6.07, 6.45) is 4.85. The third kappa shape index (κ3) is 14.9. The smallest absolute Gasteiger partial charge is 0.343 e. The van der Waals surface area contributed by atoms with E-state index in [1.807, 2.05) is 0 Å². The number of carbonyl (C=O) groups excluding carboxylic acids is 6. The predicted octanol–water partition coefficient (Wildman–Crippen LogP) is 8.65. The Balaban J connectivity index is 1.03. The van der Waals surface area contributed by atoms with E-state index in [2.05, 4.69) is 13.2 Å². The molecule has 0 aliphatic rings. The topological polar surface area (TPSA) is 176 Å². The van der Waals surface area contributed by atoms with Gasteiger partial charge in [0.15, 0.2) is 0 Å². The first-order valence-electron chi connectivity index (χ1n) is 19.7. The normalized spacial score (nSPS) is 10.4. The predicted molar refractivity (Wildman–Crippen MR) is 229 cm³/mol. The molecule has 0 heterocycles. The Bertz CT molecular complexity index is 2380. The first kappa shape index (κ1) is 46.1. The second-order valence-corrected chi connectivity index (χ2v) is 13.4. The van der Waals surface area contributed by atoms with Crippen LogP contribution in [0.1, 0.15) is 72.7 Å². The van der Waals surface area contributed by atoms with Gasteiger partial charge in [0.25, 0.3) is 0 Å². The van der Waals surface area contributed by atoms with E-state index in [1.54, 1.807) is 61.5 Å². The van der Waals surface area contributed by atoms with Gasteiger partial charge in [0.1, 0.15) is 34.5 Å². The third-order valence-electron chi connectivity index (χ3n) is 8.78. The van der Waals surface area contributed by atoms with Gasteiger partial charge in [-0.2, -0.15) is 0 Å². The molecule has 324 valence electrons. The Kier molecular flexibility index (Phi) is 17.3. The van der Waals surface area contributed by atoms with Crippen molar-refractivity contribution < 1.29 is 66.7 Å². The average molecular weight is 857 g/mol. The van der Waals surface area contributed by atoms with Gasteiger partial charge in [-0.05, 0) is 153 Å². The van der Waals surface area contributed by atoms with Crippen molar-refractivity contribution >= 4 is 35.8 Å². The van der Waals surface area contributed by atoms with Gasteiger partial charge in [0.2, 0.25) is 0 Å². The van der Waals surface area contributed by atoms with Crippen molar-refractivity contribution in [3.63, 3.8) is 0 Å². The molecule has 0 aliphatic carbocycles. The molecule has 0 N–H and O–H groups in total. The highest BCUT2D eigenvalue weighted by Gasteiger charge is 2.16. The number of unbranched alkanes of at least 4 members (excludes halogenated alkanes) is 2. The summed E-state index contributed by atoms with van der Waals surface area (Å²) in [7, 11) is 0.